The van der Waals surface area contributed by atoms with Crippen molar-refractivity contribution < 1.29 is 4.79 Å². The maximum atomic E-state index is 13.0. The van der Waals surface area contributed by atoms with Crippen LogP contribution in [0.2, 0.25) is 0 Å². The monoisotopic (exact) mass is 383 g/mol. The Balaban J connectivity index is 1.70. The van der Waals surface area contributed by atoms with E-state index in [0.717, 1.165) is 11.1 Å². The number of benzene rings is 2. The molecule has 144 valence electrons. The number of anilines is 1. The summed E-state index contributed by atoms with van der Waals surface area (Å²) in [5.41, 5.74) is 4.26. The number of amides is 1. The Morgan fingerprint density at radius 1 is 1.00 bits per heavy atom. The van der Waals surface area contributed by atoms with Crippen LogP contribution in [0.3, 0.4) is 0 Å². The fourth-order valence-corrected chi connectivity index (χ4v) is 3.27. The summed E-state index contributed by atoms with van der Waals surface area (Å²) in [6, 6.07) is 20.8. The van der Waals surface area contributed by atoms with Crippen LogP contribution < -0.4 is 10.9 Å². The largest absolute Gasteiger partial charge is 0.322 e. The number of carbonyl (C=O) groups is 1. The lowest BCUT2D eigenvalue weighted by molar-refractivity contribution is 0.102. The van der Waals surface area contributed by atoms with E-state index < -0.39 is 0 Å². The van der Waals surface area contributed by atoms with Crippen molar-refractivity contribution in [2.24, 2.45) is 0 Å². The molecule has 4 rings (SSSR count). The molecule has 0 spiro atoms. The van der Waals surface area contributed by atoms with Crippen LogP contribution in [-0.4, -0.2) is 15.5 Å². The van der Waals surface area contributed by atoms with Gasteiger partial charge in [0.1, 0.15) is 0 Å². The second-order valence-electron chi connectivity index (χ2n) is 7.11. The van der Waals surface area contributed by atoms with Gasteiger partial charge in [-0.2, -0.15) is 0 Å². The number of rotatable bonds is 4. The van der Waals surface area contributed by atoms with E-state index in [1.807, 2.05) is 67.6 Å². The van der Waals surface area contributed by atoms with E-state index in [9.17, 15) is 9.59 Å². The first-order valence-corrected chi connectivity index (χ1v) is 9.44. The molecule has 0 aliphatic carbocycles. The van der Waals surface area contributed by atoms with Gasteiger partial charge in [0.25, 0.3) is 11.5 Å². The molecule has 0 radical (unpaired) electrons. The summed E-state index contributed by atoms with van der Waals surface area (Å²) >= 11 is 0. The molecule has 29 heavy (non-hydrogen) atoms. The number of fused-ring (bicyclic) bond motifs is 1. The molecule has 0 atom stereocenters. The molecule has 2 aromatic heterocycles. The van der Waals surface area contributed by atoms with Crippen LogP contribution in [0, 0.1) is 13.8 Å². The van der Waals surface area contributed by atoms with Crippen LogP contribution in [0.5, 0.6) is 0 Å². The fraction of sp³-hybridized carbons (Fsp3) is 0.125. The fourth-order valence-electron chi connectivity index (χ4n) is 3.27. The van der Waals surface area contributed by atoms with Crippen LogP contribution >= 0.6 is 0 Å². The second kappa shape index (κ2) is 7.72. The Morgan fingerprint density at radius 3 is 2.45 bits per heavy atom. The number of hydrogen-bond acceptors (Lipinski definition) is 3. The minimum atomic E-state index is -0.279. The average molecular weight is 383 g/mol. The van der Waals surface area contributed by atoms with Crippen molar-refractivity contribution in [1.82, 2.24) is 9.55 Å². The molecule has 5 nitrogen and oxygen atoms in total. The number of pyridine rings is 2. The van der Waals surface area contributed by atoms with Crippen molar-refractivity contribution in [2.75, 3.05) is 5.32 Å². The van der Waals surface area contributed by atoms with Gasteiger partial charge in [0.2, 0.25) is 0 Å². The number of hydrogen-bond donors (Lipinski definition) is 1. The highest BCUT2D eigenvalue weighted by atomic mass is 16.1. The number of aromatic nitrogens is 2. The maximum absolute atomic E-state index is 13.0. The molecule has 0 aliphatic rings. The Labute approximate surface area is 168 Å². The molecule has 0 fully saturated rings. The summed E-state index contributed by atoms with van der Waals surface area (Å²) < 4.78 is 1.64. The lowest BCUT2D eigenvalue weighted by Gasteiger charge is -2.11. The zero-order valence-electron chi connectivity index (χ0n) is 16.3. The molecule has 2 heterocycles. The summed E-state index contributed by atoms with van der Waals surface area (Å²) in [7, 11) is 0. The molecule has 1 amide bonds. The first-order chi connectivity index (χ1) is 14.0. The van der Waals surface area contributed by atoms with Crippen LogP contribution in [0.15, 0.2) is 77.7 Å². The maximum Gasteiger partial charge on any atom is 0.260 e. The summed E-state index contributed by atoms with van der Waals surface area (Å²) in [6.45, 7) is 4.23. The van der Waals surface area contributed by atoms with Gasteiger partial charge in [-0.25, -0.2) is 0 Å². The van der Waals surface area contributed by atoms with Crippen LogP contribution in [0.25, 0.3) is 10.9 Å². The standard InChI is InChI=1S/C24H21N3O2/c1-16-8-10-19(11-9-16)26-23(28)20-14-21-22(25-17(20)2)12-13-27(24(21)29)15-18-6-4-3-5-7-18/h3-14H,15H2,1-2H3,(H,26,28). The van der Waals surface area contributed by atoms with E-state index in [-0.39, 0.29) is 11.5 Å². The van der Waals surface area contributed by atoms with E-state index in [2.05, 4.69) is 10.3 Å². The average Bonchev–Trinajstić information content (AvgIpc) is 2.72. The minimum Gasteiger partial charge on any atom is -0.322 e. The highest BCUT2D eigenvalue weighted by molar-refractivity contribution is 6.06. The Morgan fingerprint density at radius 2 is 1.72 bits per heavy atom. The van der Waals surface area contributed by atoms with Gasteiger partial charge in [-0.1, -0.05) is 48.0 Å². The molecule has 4 aromatic rings. The number of aryl methyl sites for hydroxylation is 2. The number of carbonyl (C=O) groups excluding carboxylic acids is 1. The quantitative estimate of drug-likeness (QED) is 0.571. The molecule has 0 aliphatic heterocycles. The van der Waals surface area contributed by atoms with Gasteiger partial charge in [-0.15, -0.1) is 0 Å². The smallest absolute Gasteiger partial charge is 0.260 e. The zero-order chi connectivity index (χ0) is 20.4. The Bertz CT molecular complexity index is 1240. The van der Waals surface area contributed by atoms with Crippen LogP contribution in [0.4, 0.5) is 5.69 Å². The van der Waals surface area contributed by atoms with Gasteiger partial charge < -0.3 is 9.88 Å². The predicted molar refractivity (Wildman–Crippen MR) is 115 cm³/mol. The highest BCUT2D eigenvalue weighted by Gasteiger charge is 2.14. The lowest BCUT2D eigenvalue weighted by atomic mass is 10.1. The zero-order valence-corrected chi connectivity index (χ0v) is 16.3. The third-order valence-corrected chi connectivity index (χ3v) is 4.90. The van der Waals surface area contributed by atoms with E-state index in [1.54, 1.807) is 23.8 Å². The third kappa shape index (κ3) is 3.94. The molecular weight excluding hydrogens is 362 g/mol. The van der Waals surface area contributed by atoms with Crippen molar-refractivity contribution in [3.05, 3.63) is 106 Å². The summed E-state index contributed by atoms with van der Waals surface area (Å²) in [5, 5.41) is 3.31. The minimum absolute atomic E-state index is 0.164. The van der Waals surface area contributed by atoms with Crippen molar-refractivity contribution in [1.29, 1.82) is 0 Å². The van der Waals surface area contributed by atoms with Gasteiger partial charge in [0, 0.05) is 11.9 Å². The van der Waals surface area contributed by atoms with Crippen LogP contribution in [-0.2, 0) is 6.54 Å². The molecular formula is C24H21N3O2. The van der Waals surface area contributed by atoms with Crippen molar-refractivity contribution in [3.63, 3.8) is 0 Å². The number of nitrogens with one attached hydrogen (secondary N) is 1. The second-order valence-corrected chi connectivity index (χ2v) is 7.11. The molecule has 0 saturated carbocycles. The molecule has 5 heteroatoms. The Hall–Kier alpha value is -3.73. The summed E-state index contributed by atoms with van der Waals surface area (Å²) in [6.07, 6.45) is 1.75. The normalized spacial score (nSPS) is 10.8. The summed E-state index contributed by atoms with van der Waals surface area (Å²) in [5.74, 6) is -0.279. The molecule has 0 unspecified atom stereocenters. The first kappa shape index (κ1) is 18.6. The lowest BCUT2D eigenvalue weighted by Crippen LogP contribution is -2.22. The third-order valence-electron chi connectivity index (χ3n) is 4.90. The summed E-state index contributed by atoms with van der Waals surface area (Å²) in [4.78, 5) is 30.3. The van der Waals surface area contributed by atoms with Crippen molar-refractivity contribution >= 4 is 22.5 Å². The Kier molecular flexibility index (Phi) is 4.96. The van der Waals surface area contributed by atoms with E-state index in [1.165, 1.54) is 0 Å². The van der Waals surface area contributed by atoms with Crippen molar-refractivity contribution in [3.8, 4) is 0 Å². The highest BCUT2D eigenvalue weighted by Crippen LogP contribution is 2.17. The molecule has 0 saturated heterocycles. The van der Waals surface area contributed by atoms with Gasteiger partial charge in [-0.05, 0) is 43.7 Å². The van der Waals surface area contributed by atoms with Gasteiger partial charge in [-0.3, -0.25) is 14.6 Å². The van der Waals surface area contributed by atoms with Gasteiger partial charge >= 0.3 is 0 Å². The molecule has 0 bridgehead atoms. The van der Waals surface area contributed by atoms with E-state index in [4.69, 9.17) is 0 Å². The van der Waals surface area contributed by atoms with Crippen LogP contribution in [0.1, 0.15) is 27.2 Å². The predicted octanol–water partition coefficient (Wildman–Crippen LogP) is 4.31. The van der Waals surface area contributed by atoms with Gasteiger partial charge in [0.15, 0.2) is 0 Å². The van der Waals surface area contributed by atoms with E-state index in [0.29, 0.717) is 34.4 Å². The number of nitrogens with zero attached hydrogens (tertiary/aromatic N) is 2. The molecule has 1 N–H and O–H groups in total. The molecule has 2 aromatic carbocycles. The van der Waals surface area contributed by atoms with Crippen molar-refractivity contribution in [2.45, 2.75) is 20.4 Å². The van der Waals surface area contributed by atoms with E-state index >= 15 is 0 Å². The van der Waals surface area contributed by atoms with Gasteiger partial charge in [0.05, 0.1) is 28.7 Å². The SMILES string of the molecule is Cc1ccc(NC(=O)c2cc3c(=O)n(Cc4ccccc4)ccc3nc2C)cc1. The topological polar surface area (TPSA) is 64.0 Å². The first-order valence-electron chi connectivity index (χ1n) is 9.44.